The summed E-state index contributed by atoms with van der Waals surface area (Å²) in [6.45, 7) is 5.73. The number of hydrogen-bond acceptors (Lipinski definition) is 9. The van der Waals surface area contributed by atoms with E-state index in [4.69, 9.17) is 21.0 Å². The Morgan fingerprint density at radius 2 is 1.74 bits per heavy atom. The van der Waals surface area contributed by atoms with Crippen molar-refractivity contribution in [2.24, 2.45) is 0 Å². The van der Waals surface area contributed by atoms with Crippen LogP contribution >= 0.6 is 0 Å². The van der Waals surface area contributed by atoms with Crippen LogP contribution in [0.25, 0.3) is 10.8 Å². The van der Waals surface area contributed by atoms with Crippen molar-refractivity contribution >= 4 is 48.6 Å². The van der Waals surface area contributed by atoms with E-state index in [1.165, 1.54) is 25.3 Å². The quantitative estimate of drug-likeness (QED) is 0.172. The summed E-state index contributed by atoms with van der Waals surface area (Å²) in [5, 5.41) is 12.8. The Bertz CT molecular complexity index is 1900. The van der Waals surface area contributed by atoms with Gasteiger partial charge in [0.05, 0.1) is 30.2 Å². The number of ether oxygens (including phenoxy) is 2. The molecule has 4 rings (SSSR count). The number of carbonyl (C=O) groups excluding carboxylic acids is 1. The van der Waals surface area contributed by atoms with Gasteiger partial charge in [-0.05, 0) is 55.8 Å². The number of fused-ring (bicyclic) bond motifs is 3. The zero-order valence-corrected chi connectivity index (χ0v) is 25.7. The third kappa shape index (κ3) is 6.02. The molecular formula is C29H31N3O9S2. The molecule has 0 spiro atoms. The van der Waals surface area contributed by atoms with E-state index in [0.717, 1.165) is 0 Å². The normalized spacial score (nSPS) is 14.9. The van der Waals surface area contributed by atoms with Crippen molar-refractivity contribution in [3.05, 3.63) is 58.7 Å². The van der Waals surface area contributed by atoms with Gasteiger partial charge in [0.2, 0.25) is 0 Å². The first-order chi connectivity index (χ1) is 20.1. The van der Waals surface area contributed by atoms with E-state index in [-0.39, 0.29) is 39.5 Å². The molecule has 1 aliphatic heterocycles. The molecule has 2 atom stereocenters. The van der Waals surface area contributed by atoms with Crippen LogP contribution in [0.4, 0.5) is 5.69 Å². The number of sulfonamides is 1. The van der Waals surface area contributed by atoms with E-state index < -0.39 is 50.8 Å². The van der Waals surface area contributed by atoms with E-state index in [0.29, 0.717) is 26.4 Å². The molecule has 3 N–H and O–H groups in total. The van der Waals surface area contributed by atoms with E-state index >= 15 is 0 Å². The van der Waals surface area contributed by atoms with Crippen molar-refractivity contribution in [3.8, 4) is 23.8 Å². The van der Waals surface area contributed by atoms with Gasteiger partial charge in [-0.1, -0.05) is 40.4 Å². The number of methoxy groups -OCH3 is 1. The molecule has 43 heavy (non-hydrogen) atoms. The van der Waals surface area contributed by atoms with Crippen LogP contribution in [0.15, 0.2) is 41.3 Å². The van der Waals surface area contributed by atoms with Gasteiger partial charge in [-0.15, -0.1) is 6.42 Å². The molecule has 0 amide bonds. The lowest BCUT2D eigenvalue weighted by molar-refractivity contribution is -0.137. The fourth-order valence-electron chi connectivity index (χ4n) is 5.21. The lowest BCUT2D eigenvalue weighted by Crippen LogP contribution is -2.46. The number of nitrogens with zero attached hydrogens (tertiary/aromatic N) is 1. The van der Waals surface area contributed by atoms with Crippen molar-refractivity contribution in [2.75, 3.05) is 18.0 Å². The largest absolute Gasteiger partial charge is 0.493 e. The number of esters is 1. The number of aliphatic carboxylic acids is 1. The Morgan fingerprint density at radius 3 is 2.35 bits per heavy atom. The van der Waals surface area contributed by atoms with Crippen LogP contribution in [0.2, 0.25) is 0 Å². The molecule has 14 heteroatoms. The van der Waals surface area contributed by atoms with Crippen LogP contribution in [0, 0.1) is 33.1 Å². The summed E-state index contributed by atoms with van der Waals surface area (Å²) < 4.78 is 68.1. The molecule has 0 unspecified atom stereocenters. The molecule has 0 radical (unpaired) electrons. The fourth-order valence-corrected chi connectivity index (χ4v) is 8.54. The second kappa shape index (κ2) is 11.8. The van der Waals surface area contributed by atoms with Gasteiger partial charge >= 0.3 is 22.1 Å². The van der Waals surface area contributed by atoms with Gasteiger partial charge in [-0.2, -0.15) is 8.42 Å². The number of anilines is 1. The molecule has 0 aliphatic carbocycles. The summed E-state index contributed by atoms with van der Waals surface area (Å²) in [7, 11) is -8.26. The second-order valence-corrected chi connectivity index (χ2v) is 13.6. The summed E-state index contributed by atoms with van der Waals surface area (Å²) in [4.78, 5) is 23.5. The summed E-state index contributed by atoms with van der Waals surface area (Å²) in [6.07, 6.45) is 5.55. The zero-order chi connectivity index (χ0) is 31.9. The molecule has 2 bridgehead atoms. The number of nitrogens with one attached hydrogen (secondary N) is 2. The fraction of sp³-hybridized carbons (Fsp3) is 0.310. The van der Waals surface area contributed by atoms with Crippen LogP contribution in [0.5, 0.6) is 11.5 Å². The maximum Gasteiger partial charge on any atom is 0.332 e. The number of rotatable bonds is 10. The third-order valence-corrected chi connectivity index (χ3v) is 10.8. The highest BCUT2D eigenvalue weighted by Crippen LogP contribution is 2.45. The van der Waals surface area contributed by atoms with Gasteiger partial charge in [0.1, 0.15) is 6.54 Å². The minimum absolute atomic E-state index is 0.0575. The molecular weight excluding hydrogens is 598 g/mol. The number of carboxylic acids is 1. The first-order valence-electron chi connectivity index (χ1n) is 13.0. The standard InChI is InChI=1S/C29H31N3O9S2/c1-7-23(30-16(2)14-25(33)34)21-12-13-24(22-11-9-8-10-20(21)22)42(36,37)31-43(38,39)32-15-26(35)41-29-19(5)27(32)17(3)18(4)28(29)40-6/h1,8-13,16,23,30-31H,14-15H2,2-6H3,(H,33,34)/t16-,23-/m0/s1. The minimum atomic E-state index is -4.90. The third-order valence-electron chi connectivity index (χ3n) is 7.22. The summed E-state index contributed by atoms with van der Waals surface area (Å²) in [6, 6.07) is 7.80. The molecule has 12 nitrogen and oxygen atoms in total. The summed E-state index contributed by atoms with van der Waals surface area (Å²) in [5.41, 5.74) is 1.86. The molecule has 0 saturated heterocycles. The Balaban J connectivity index is 1.78. The minimum Gasteiger partial charge on any atom is -0.493 e. The van der Waals surface area contributed by atoms with E-state index in [9.17, 15) is 26.4 Å². The van der Waals surface area contributed by atoms with E-state index in [2.05, 4.69) is 11.2 Å². The van der Waals surface area contributed by atoms with Crippen molar-refractivity contribution < 1.29 is 41.0 Å². The van der Waals surface area contributed by atoms with Gasteiger partial charge < -0.3 is 14.6 Å². The van der Waals surface area contributed by atoms with Crippen LogP contribution in [-0.4, -0.2) is 53.6 Å². The van der Waals surface area contributed by atoms with E-state index in [1.54, 1.807) is 50.0 Å². The monoisotopic (exact) mass is 629 g/mol. The average molecular weight is 630 g/mol. The lowest BCUT2D eigenvalue weighted by Gasteiger charge is -2.26. The highest BCUT2D eigenvalue weighted by atomic mass is 32.3. The molecule has 3 aromatic rings. The Hall–Kier alpha value is -4.16. The van der Waals surface area contributed by atoms with Gasteiger partial charge in [0.15, 0.2) is 11.5 Å². The SMILES string of the molecule is C#C[C@H](N[C@@H](C)CC(=O)O)c1ccc(S(=O)(=O)NS(=O)(=O)N2CC(=O)Oc3c(C)c2c(C)c(C)c3OC)c2ccccc12. The Labute approximate surface area is 250 Å². The lowest BCUT2D eigenvalue weighted by atomic mass is 9.98. The van der Waals surface area contributed by atoms with Crippen molar-refractivity contribution in [1.82, 2.24) is 9.44 Å². The highest BCUT2D eigenvalue weighted by Gasteiger charge is 2.38. The molecule has 228 valence electrons. The maximum atomic E-state index is 13.7. The van der Waals surface area contributed by atoms with Crippen molar-refractivity contribution in [2.45, 2.75) is 51.1 Å². The van der Waals surface area contributed by atoms with Gasteiger partial charge in [0.25, 0.3) is 10.0 Å². The second-order valence-electron chi connectivity index (χ2n) is 10.1. The molecule has 0 fully saturated rings. The molecule has 1 heterocycles. The first-order valence-corrected chi connectivity index (χ1v) is 16.0. The predicted molar refractivity (Wildman–Crippen MR) is 160 cm³/mol. The number of benzene rings is 3. The van der Waals surface area contributed by atoms with Crippen molar-refractivity contribution in [3.63, 3.8) is 0 Å². The van der Waals surface area contributed by atoms with Crippen LogP contribution in [0.3, 0.4) is 0 Å². The van der Waals surface area contributed by atoms with Crippen molar-refractivity contribution in [1.29, 1.82) is 0 Å². The van der Waals surface area contributed by atoms with Crippen LogP contribution < -0.4 is 23.2 Å². The Morgan fingerprint density at radius 1 is 1.09 bits per heavy atom. The van der Waals surface area contributed by atoms with Crippen LogP contribution in [0.1, 0.15) is 41.6 Å². The zero-order valence-electron chi connectivity index (χ0n) is 24.1. The van der Waals surface area contributed by atoms with Crippen LogP contribution in [-0.2, 0) is 29.8 Å². The number of terminal acetylenes is 1. The molecule has 0 aromatic heterocycles. The van der Waals surface area contributed by atoms with Gasteiger partial charge in [-0.3, -0.25) is 10.1 Å². The maximum absolute atomic E-state index is 13.7. The van der Waals surface area contributed by atoms with Gasteiger partial charge in [-0.25, -0.2) is 17.5 Å². The summed E-state index contributed by atoms with van der Waals surface area (Å²) >= 11 is 0. The summed E-state index contributed by atoms with van der Waals surface area (Å²) in [5.74, 6) is 0.955. The average Bonchev–Trinajstić information content (AvgIpc) is 3.03. The molecule has 0 saturated carbocycles. The topological polar surface area (TPSA) is 168 Å². The number of hydrogen-bond donors (Lipinski definition) is 3. The molecule has 1 aliphatic rings. The Kier molecular flexibility index (Phi) is 8.75. The van der Waals surface area contributed by atoms with E-state index in [1.807, 2.05) is 0 Å². The first kappa shape index (κ1) is 31.8. The number of carboxylic acid groups (broad SMARTS) is 1. The van der Waals surface area contributed by atoms with Gasteiger partial charge in [0, 0.05) is 17.0 Å². The predicted octanol–water partition coefficient (Wildman–Crippen LogP) is 2.85. The smallest absolute Gasteiger partial charge is 0.332 e. The highest BCUT2D eigenvalue weighted by molar-refractivity contribution is 8.05. The molecule has 3 aromatic carbocycles. The number of carbonyl (C=O) groups is 2.